The largest absolute Gasteiger partial charge is 0.310 e. The zero-order valence-corrected chi connectivity index (χ0v) is 51.5. The number of aromatic nitrogens is 3. The molecule has 3 aromatic heterocycles. The standard InChI is InChI=1S/C84H66BN5/c1-83(2,3)78-47-43-61(53-86-78)59-41-45-70-74(49-59)89(81-64(55-25-11-7-12-26-55)35-23-36-65(81)56-27-13-8-14-28-56)76-51-63(88-72-39-21-19-33-68(72)69-34-20-22-40-73(69)88)52-77-80(76)85(70)71-46-42-60(62-44-48-79(87-54-62)84(4,5)6)50-75(71)90(77)82-66(57-29-15-9-16-30-57)37-24-38-67(82)58-31-17-10-18-32-58/h7-54H,1-6H3. The molecule has 0 N–H and O–H groups in total. The van der Waals surface area contributed by atoms with Crippen molar-refractivity contribution in [3.05, 3.63) is 303 Å². The number of pyridine rings is 2. The molecule has 11 aromatic carbocycles. The van der Waals surface area contributed by atoms with Crippen molar-refractivity contribution in [3.63, 3.8) is 0 Å². The van der Waals surface area contributed by atoms with Gasteiger partial charge in [-0.2, -0.15) is 0 Å². The van der Waals surface area contributed by atoms with E-state index in [1.807, 2.05) is 0 Å². The van der Waals surface area contributed by atoms with Crippen LogP contribution in [0.15, 0.2) is 291 Å². The Morgan fingerprint density at radius 1 is 0.300 bits per heavy atom. The van der Waals surface area contributed by atoms with Gasteiger partial charge in [-0.25, -0.2) is 0 Å². The summed E-state index contributed by atoms with van der Waals surface area (Å²) in [5.41, 5.74) is 28.8. The van der Waals surface area contributed by atoms with Crippen LogP contribution in [0.4, 0.5) is 34.1 Å². The second-order valence-electron chi connectivity index (χ2n) is 26.2. The first-order chi connectivity index (χ1) is 43.9. The summed E-state index contributed by atoms with van der Waals surface area (Å²) in [5.74, 6) is 0. The highest BCUT2D eigenvalue weighted by molar-refractivity contribution is 7.00. The minimum Gasteiger partial charge on any atom is -0.310 e. The number of para-hydroxylation sites is 4. The van der Waals surface area contributed by atoms with Gasteiger partial charge < -0.3 is 14.4 Å². The van der Waals surface area contributed by atoms with Crippen LogP contribution in [-0.4, -0.2) is 21.2 Å². The molecule has 2 aliphatic heterocycles. The molecule has 6 heteroatoms. The van der Waals surface area contributed by atoms with Gasteiger partial charge in [0.05, 0.1) is 28.1 Å². The summed E-state index contributed by atoms with van der Waals surface area (Å²) in [6.45, 7) is 13.2. The fourth-order valence-electron chi connectivity index (χ4n) is 14.1. The van der Waals surface area contributed by atoms with Gasteiger partial charge in [0, 0.05) is 102 Å². The lowest BCUT2D eigenvalue weighted by atomic mass is 9.33. The molecule has 16 rings (SSSR count). The second kappa shape index (κ2) is 21.5. The summed E-state index contributed by atoms with van der Waals surface area (Å²) >= 11 is 0. The van der Waals surface area contributed by atoms with Gasteiger partial charge in [-0.05, 0) is 98.3 Å². The van der Waals surface area contributed by atoms with E-state index in [1.165, 1.54) is 27.2 Å². The van der Waals surface area contributed by atoms with Gasteiger partial charge in [0.25, 0.3) is 6.71 Å². The Bertz CT molecular complexity index is 4630. The van der Waals surface area contributed by atoms with E-state index in [9.17, 15) is 0 Å². The number of nitrogens with zero attached hydrogens (tertiary/aromatic N) is 5. The molecule has 5 heterocycles. The van der Waals surface area contributed by atoms with Crippen molar-refractivity contribution < 1.29 is 0 Å². The Kier molecular flexibility index (Phi) is 13.0. The number of rotatable bonds is 9. The van der Waals surface area contributed by atoms with Gasteiger partial charge in [-0.15, -0.1) is 0 Å². The first-order valence-corrected chi connectivity index (χ1v) is 31.4. The lowest BCUT2D eigenvalue weighted by Crippen LogP contribution is -2.61. The molecule has 2 aliphatic rings. The van der Waals surface area contributed by atoms with E-state index in [1.54, 1.807) is 0 Å². The zero-order chi connectivity index (χ0) is 60.8. The van der Waals surface area contributed by atoms with E-state index >= 15 is 0 Å². The number of hydrogen-bond acceptors (Lipinski definition) is 4. The average Bonchev–Trinajstić information content (AvgIpc) is 0.763. The maximum absolute atomic E-state index is 5.15. The Hall–Kier alpha value is -10.8. The Balaban J connectivity index is 1.09. The fraction of sp³-hybridized carbons (Fsp3) is 0.0952. The molecule has 0 unspecified atom stereocenters. The molecule has 0 saturated heterocycles. The molecule has 0 spiro atoms. The number of hydrogen-bond donors (Lipinski definition) is 0. The fourth-order valence-corrected chi connectivity index (χ4v) is 14.1. The van der Waals surface area contributed by atoms with E-state index in [0.717, 1.165) is 129 Å². The van der Waals surface area contributed by atoms with Crippen LogP contribution < -0.4 is 26.2 Å². The highest BCUT2D eigenvalue weighted by Gasteiger charge is 2.46. The first kappa shape index (κ1) is 54.6. The normalized spacial score (nSPS) is 12.7. The lowest BCUT2D eigenvalue weighted by molar-refractivity contribution is 0.569. The van der Waals surface area contributed by atoms with Crippen LogP contribution in [0.2, 0.25) is 0 Å². The van der Waals surface area contributed by atoms with Crippen LogP contribution >= 0.6 is 0 Å². The summed E-state index contributed by atoms with van der Waals surface area (Å²) < 4.78 is 2.51. The number of fused-ring (bicyclic) bond motifs is 7. The number of benzene rings is 11. The molecule has 0 amide bonds. The maximum atomic E-state index is 5.15. The maximum Gasteiger partial charge on any atom is 0.252 e. The minimum absolute atomic E-state index is 0.104. The summed E-state index contributed by atoms with van der Waals surface area (Å²) in [6, 6.07) is 104. The van der Waals surface area contributed by atoms with Crippen LogP contribution in [0.1, 0.15) is 52.9 Å². The quantitative estimate of drug-likeness (QED) is 0.135. The molecule has 0 aliphatic carbocycles. The van der Waals surface area contributed by atoms with Gasteiger partial charge in [-0.3, -0.25) is 9.97 Å². The van der Waals surface area contributed by atoms with E-state index in [2.05, 4.69) is 347 Å². The van der Waals surface area contributed by atoms with Crippen LogP contribution in [0, 0.1) is 0 Å². The zero-order valence-electron chi connectivity index (χ0n) is 51.5. The Labute approximate surface area is 528 Å². The molecule has 430 valence electrons. The molecule has 14 aromatic rings. The molecule has 0 saturated carbocycles. The average molecular weight is 1160 g/mol. The topological polar surface area (TPSA) is 37.2 Å². The van der Waals surface area contributed by atoms with Gasteiger partial charge in [-0.1, -0.05) is 272 Å². The monoisotopic (exact) mass is 1160 g/mol. The van der Waals surface area contributed by atoms with E-state index < -0.39 is 0 Å². The van der Waals surface area contributed by atoms with Crippen LogP contribution in [-0.2, 0) is 10.8 Å². The van der Waals surface area contributed by atoms with Crippen molar-refractivity contribution in [1.82, 2.24) is 14.5 Å². The van der Waals surface area contributed by atoms with E-state index in [4.69, 9.17) is 9.97 Å². The third-order valence-corrected chi connectivity index (χ3v) is 18.5. The van der Waals surface area contributed by atoms with E-state index in [0.29, 0.717) is 0 Å². The highest BCUT2D eigenvalue weighted by Crippen LogP contribution is 2.54. The summed E-state index contributed by atoms with van der Waals surface area (Å²) in [5, 5.41) is 2.41. The molecule has 5 nitrogen and oxygen atoms in total. The molecule has 0 fully saturated rings. The third-order valence-electron chi connectivity index (χ3n) is 18.5. The predicted octanol–water partition coefficient (Wildman–Crippen LogP) is 20.3. The molecular formula is C84H66BN5. The molecule has 0 radical (unpaired) electrons. The van der Waals surface area contributed by atoms with Crippen molar-refractivity contribution >= 4 is 79.0 Å². The summed E-state index contributed by atoms with van der Waals surface area (Å²) in [7, 11) is 0. The van der Waals surface area contributed by atoms with Crippen molar-refractivity contribution in [2.75, 3.05) is 9.80 Å². The highest BCUT2D eigenvalue weighted by atomic mass is 15.2. The smallest absolute Gasteiger partial charge is 0.252 e. The third kappa shape index (κ3) is 9.16. The first-order valence-electron chi connectivity index (χ1n) is 31.4. The van der Waals surface area contributed by atoms with Crippen LogP contribution in [0.3, 0.4) is 0 Å². The van der Waals surface area contributed by atoms with Crippen molar-refractivity contribution in [2.24, 2.45) is 0 Å². The minimum atomic E-state index is -0.223. The van der Waals surface area contributed by atoms with Crippen LogP contribution in [0.5, 0.6) is 0 Å². The molecule has 0 atom stereocenters. The molecule has 0 bridgehead atoms. The van der Waals surface area contributed by atoms with Gasteiger partial charge in [0.2, 0.25) is 0 Å². The number of anilines is 6. The summed E-state index contributed by atoms with van der Waals surface area (Å²) in [4.78, 5) is 15.6. The SMILES string of the molecule is CC(C)(C)c1ccc(-c2ccc3c(c2)N(c2c(-c4ccccc4)cccc2-c2ccccc2)c2cc(-n4c5ccccc5c5ccccc54)cc4c2B3c2ccc(-c3ccc(C(C)(C)C)nc3)cc2N4c2c(-c3ccccc3)cccc2-c2ccccc2)cn1. The second-order valence-corrected chi connectivity index (χ2v) is 26.2. The van der Waals surface area contributed by atoms with Crippen molar-refractivity contribution in [3.8, 4) is 72.4 Å². The lowest BCUT2D eigenvalue weighted by Gasteiger charge is -2.46. The molecule has 90 heavy (non-hydrogen) atoms. The van der Waals surface area contributed by atoms with E-state index in [-0.39, 0.29) is 17.5 Å². The summed E-state index contributed by atoms with van der Waals surface area (Å²) in [6.07, 6.45) is 4.14. The molecular weight excluding hydrogens is 1090 g/mol. The van der Waals surface area contributed by atoms with Gasteiger partial charge in [0.15, 0.2) is 0 Å². The Morgan fingerprint density at radius 2 is 0.644 bits per heavy atom. The van der Waals surface area contributed by atoms with Crippen molar-refractivity contribution in [1.29, 1.82) is 0 Å². The Morgan fingerprint density at radius 3 is 0.989 bits per heavy atom. The van der Waals surface area contributed by atoms with Gasteiger partial charge in [0.1, 0.15) is 0 Å². The van der Waals surface area contributed by atoms with Gasteiger partial charge >= 0.3 is 0 Å². The van der Waals surface area contributed by atoms with Crippen molar-refractivity contribution in [2.45, 2.75) is 52.4 Å². The predicted molar refractivity (Wildman–Crippen MR) is 380 cm³/mol. The van der Waals surface area contributed by atoms with Crippen LogP contribution in [0.25, 0.3) is 94.3 Å².